The van der Waals surface area contributed by atoms with Crippen LogP contribution in [0.2, 0.25) is 0 Å². The number of aryl methyl sites for hydroxylation is 2. The molecule has 2 aromatic carbocycles. The van der Waals surface area contributed by atoms with E-state index in [-0.39, 0.29) is 5.41 Å². The topological polar surface area (TPSA) is 0 Å². The van der Waals surface area contributed by atoms with E-state index in [1.807, 2.05) is 0 Å². The van der Waals surface area contributed by atoms with Gasteiger partial charge < -0.3 is 0 Å². The molecule has 0 heterocycles. The number of allylic oxidation sites excluding steroid dienone is 2. The van der Waals surface area contributed by atoms with E-state index >= 15 is 0 Å². The molecule has 0 radical (unpaired) electrons. The van der Waals surface area contributed by atoms with Crippen LogP contribution in [0.15, 0.2) is 42.5 Å². The highest BCUT2D eigenvalue weighted by Crippen LogP contribution is 2.56. The van der Waals surface area contributed by atoms with Crippen LogP contribution >= 0.6 is 0 Å². The Morgan fingerprint density at radius 2 is 1.78 bits per heavy atom. The number of hydrogen-bond donors (Lipinski definition) is 0. The molecule has 0 bridgehead atoms. The molecule has 2 aliphatic rings. The Kier molecular flexibility index (Phi) is 5.01. The van der Waals surface area contributed by atoms with Gasteiger partial charge in [0, 0.05) is 5.41 Å². The fourth-order valence-corrected chi connectivity index (χ4v) is 5.68. The standard InChI is InChI=1S/C27H34/c1-5-7-10-21(9-6-2)18-27-16-8-11-22-20(4)13-15-24(26(22)27)23-14-12-19(3)17-25(23)27/h8,12-17,21H,5-7,9-11,18H2,1-4H3. The molecule has 0 saturated carbocycles. The van der Waals surface area contributed by atoms with Gasteiger partial charge in [0.1, 0.15) is 0 Å². The van der Waals surface area contributed by atoms with Crippen LogP contribution in [0.4, 0.5) is 0 Å². The summed E-state index contributed by atoms with van der Waals surface area (Å²) < 4.78 is 0. The monoisotopic (exact) mass is 358 g/mol. The van der Waals surface area contributed by atoms with Gasteiger partial charge in [0.2, 0.25) is 0 Å². The van der Waals surface area contributed by atoms with Crippen LogP contribution in [-0.2, 0) is 11.8 Å². The molecule has 0 saturated heterocycles. The second-order valence-corrected chi connectivity index (χ2v) is 8.91. The quantitative estimate of drug-likeness (QED) is 0.445. The van der Waals surface area contributed by atoms with E-state index in [2.05, 4.69) is 70.2 Å². The molecule has 0 spiro atoms. The van der Waals surface area contributed by atoms with Gasteiger partial charge in [-0.3, -0.25) is 0 Å². The molecule has 142 valence electrons. The van der Waals surface area contributed by atoms with E-state index in [9.17, 15) is 0 Å². The maximum absolute atomic E-state index is 2.58. The summed E-state index contributed by atoms with van der Waals surface area (Å²) in [5, 5.41) is 0. The largest absolute Gasteiger partial charge is 0.0829 e. The molecule has 0 amide bonds. The number of fused-ring (bicyclic) bond motifs is 3. The summed E-state index contributed by atoms with van der Waals surface area (Å²) in [4.78, 5) is 0. The molecule has 2 atom stereocenters. The molecule has 2 aromatic rings. The minimum Gasteiger partial charge on any atom is -0.0829 e. The summed E-state index contributed by atoms with van der Waals surface area (Å²) >= 11 is 0. The van der Waals surface area contributed by atoms with Gasteiger partial charge in [-0.1, -0.05) is 94.0 Å². The average Bonchev–Trinajstić information content (AvgIpc) is 2.93. The highest BCUT2D eigenvalue weighted by atomic mass is 14.5. The van der Waals surface area contributed by atoms with Crippen LogP contribution in [0.25, 0.3) is 11.1 Å². The summed E-state index contributed by atoms with van der Waals surface area (Å²) in [5.74, 6) is 0.811. The van der Waals surface area contributed by atoms with Gasteiger partial charge in [0.15, 0.2) is 0 Å². The van der Waals surface area contributed by atoms with Gasteiger partial charge in [-0.2, -0.15) is 0 Å². The van der Waals surface area contributed by atoms with E-state index < -0.39 is 0 Å². The normalized spacial score (nSPS) is 20.4. The third-order valence-electron chi connectivity index (χ3n) is 6.94. The van der Waals surface area contributed by atoms with Crippen molar-refractivity contribution in [2.24, 2.45) is 5.92 Å². The van der Waals surface area contributed by atoms with E-state index in [4.69, 9.17) is 0 Å². The first-order valence-corrected chi connectivity index (χ1v) is 11.0. The van der Waals surface area contributed by atoms with Crippen molar-refractivity contribution in [2.45, 2.75) is 78.1 Å². The first-order valence-electron chi connectivity index (χ1n) is 11.0. The lowest BCUT2D eigenvalue weighted by Crippen LogP contribution is -2.30. The SMILES string of the molecule is CCCCC(CCC)CC12C=CCc3c(C)ccc(c31)-c1ccc(C)cc12. The molecule has 0 fully saturated rings. The maximum Gasteiger partial charge on any atom is 0.0400 e. The van der Waals surface area contributed by atoms with E-state index in [1.54, 1.807) is 16.7 Å². The Hall–Kier alpha value is -1.82. The zero-order chi connectivity index (χ0) is 19.0. The number of rotatable bonds is 7. The summed E-state index contributed by atoms with van der Waals surface area (Å²) in [5.41, 5.74) is 10.7. The smallest absolute Gasteiger partial charge is 0.0400 e. The minimum absolute atomic E-state index is 0.101. The molecular weight excluding hydrogens is 324 g/mol. The molecule has 0 aliphatic heterocycles. The second-order valence-electron chi connectivity index (χ2n) is 8.91. The van der Waals surface area contributed by atoms with Gasteiger partial charge in [-0.05, 0) is 66.0 Å². The first-order chi connectivity index (χ1) is 13.1. The average molecular weight is 359 g/mol. The minimum atomic E-state index is 0.101. The lowest BCUT2D eigenvalue weighted by Gasteiger charge is -2.37. The lowest BCUT2D eigenvalue weighted by molar-refractivity contribution is 0.352. The Morgan fingerprint density at radius 3 is 2.56 bits per heavy atom. The Labute approximate surface area is 165 Å². The zero-order valence-electron chi connectivity index (χ0n) is 17.6. The van der Waals surface area contributed by atoms with Crippen molar-refractivity contribution >= 4 is 0 Å². The predicted octanol–water partition coefficient (Wildman–Crippen LogP) is 7.68. The van der Waals surface area contributed by atoms with Crippen LogP contribution < -0.4 is 0 Å². The lowest BCUT2D eigenvalue weighted by atomic mass is 9.66. The van der Waals surface area contributed by atoms with Crippen molar-refractivity contribution < 1.29 is 0 Å². The number of hydrogen-bond acceptors (Lipinski definition) is 0. The number of benzene rings is 2. The van der Waals surface area contributed by atoms with Crippen molar-refractivity contribution in [3.05, 3.63) is 70.3 Å². The predicted molar refractivity (Wildman–Crippen MR) is 118 cm³/mol. The summed E-state index contributed by atoms with van der Waals surface area (Å²) in [6, 6.07) is 11.9. The molecule has 0 heteroatoms. The van der Waals surface area contributed by atoms with Crippen molar-refractivity contribution in [1.82, 2.24) is 0 Å². The van der Waals surface area contributed by atoms with Crippen LogP contribution in [-0.4, -0.2) is 0 Å². The van der Waals surface area contributed by atoms with Gasteiger partial charge in [0.05, 0.1) is 0 Å². The van der Waals surface area contributed by atoms with Crippen molar-refractivity contribution in [1.29, 1.82) is 0 Å². The summed E-state index contributed by atoms with van der Waals surface area (Å²) in [6.07, 6.45) is 14.1. The third kappa shape index (κ3) is 2.98. The van der Waals surface area contributed by atoms with Crippen LogP contribution in [0.3, 0.4) is 0 Å². The highest BCUT2D eigenvalue weighted by Gasteiger charge is 2.45. The maximum atomic E-state index is 2.58. The Balaban J connectivity index is 1.89. The van der Waals surface area contributed by atoms with Crippen LogP contribution in [0.5, 0.6) is 0 Å². The van der Waals surface area contributed by atoms with E-state index in [1.165, 1.54) is 60.8 Å². The zero-order valence-corrected chi connectivity index (χ0v) is 17.6. The van der Waals surface area contributed by atoms with Crippen LogP contribution in [0, 0.1) is 19.8 Å². The van der Waals surface area contributed by atoms with Gasteiger partial charge >= 0.3 is 0 Å². The van der Waals surface area contributed by atoms with Crippen LogP contribution in [0.1, 0.15) is 80.2 Å². The number of unbranched alkanes of at least 4 members (excludes halogenated alkanes) is 1. The molecule has 2 unspecified atom stereocenters. The third-order valence-corrected chi connectivity index (χ3v) is 6.94. The fraction of sp³-hybridized carbons (Fsp3) is 0.481. The second kappa shape index (κ2) is 7.30. The van der Waals surface area contributed by atoms with Gasteiger partial charge in [-0.25, -0.2) is 0 Å². The fourth-order valence-electron chi connectivity index (χ4n) is 5.68. The Bertz CT molecular complexity index is 870. The molecular formula is C27H34. The van der Waals surface area contributed by atoms with Gasteiger partial charge in [-0.15, -0.1) is 0 Å². The summed E-state index contributed by atoms with van der Waals surface area (Å²) in [7, 11) is 0. The molecule has 0 nitrogen and oxygen atoms in total. The van der Waals surface area contributed by atoms with Crippen molar-refractivity contribution in [3.8, 4) is 11.1 Å². The molecule has 4 rings (SSSR count). The molecule has 2 aliphatic carbocycles. The molecule has 0 N–H and O–H groups in total. The Morgan fingerprint density at radius 1 is 0.963 bits per heavy atom. The molecule has 27 heavy (non-hydrogen) atoms. The van der Waals surface area contributed by atoms with E-state index in [0.717, 1.165) is 12.3 Å². The summed E-state index contributed by atoms with van der Waals surface area (Å²) in [6.45, 7) is 9.22. The van der Waals surface area contributed by atoms with Gasteiger partial charge in [0.25, 0.3) is 0 Å². The van der Waals surface area contributed by atoms with Crippen molar-refractivity contribution in [2.75, 3.05) is 0 Å². The van der Waals surface area contributed by atoms with Crippen molar-refractivity contribution in [3.63, 3.8) is 0 Å². The first kappa shape index (κ1) is 18.5. The van der Waals surface area contributed by atoms with E-state index in [0.29, 0.717) is 0 Å². The highest BCUT2D eigenvalue weighted by molar-refractivity contribution is 5.85. The molecule has 0 aromatic heterocycles.